The molecule has 0 bridgehead atoms. The van der Waals surface area contributed by atoms with Crippen LogP contribution < -0.4 is 4.57 Å². The number of aromatic nitrogens is 2. The minimum Gasteiger partial charge on any atom is -0.411 e. The quantitative estimate of drug-likeness (QED) is 0.246. The van der Waals surface area contributed by atoms with Gasteiger partial charge in [-0.25, -0.2) is 9.13 Å². The number of nitrogens with zero attached hydrogens (tertiary/aromatic N) is 3. The monoisotopic (exact) mass is 140 g/mol. The van der Waals surface area contributed by atoms with Crippen LogP contribution in [0.2, 0.25) is 0 Å². The van der Waals surface area contributed by atoms with E-state index >= 15 is 0 Å². The van der Waals surface area contributed by atoms with Crippen LogP contribution in [0.15, 0.2) is 17.5 Å². The van der Waals surface area contributed by atoms with Crippen molar-refractivity contribution in [1.82, 2.24) is 4.57 Å². The molecule has 0 aliphatic carbocycles. The fourth-order valence-electron chi connectivity index (χ4n) is 0.835. The van der Waals surface area contributed by atoms with Crippen LogP contribution in [0, 0.1) is 0 Å². The van der Waals surface area contributed by atoms with Crippen molar-refractivity contribution in [3.63, 3.8) is 0 Å². The van der Waals surface area contributed by atoms with Crippen LogP contribution in [0.5, 0.6) is 0 Å². The average Bonchev–Trinajstić information content (AvgIpc) is 2.20. The Bertz CT molecular complexity index is 232. The maximum Gasteiger partial charge on any atom is 0.303 e. The van der Waals surface area contributed by atoms with Crippen molar-refractivity contribution in [3.8, 4) is 0 Å². The Hall–Kier alpha value is -1.32. The van der Waals surface area contributed by atoms with Gasteiger partial charge in [0, 0.05) is 0 Å². The molecule has 0 radical (unpaired) electrons. The molecule has 0 fully saturated rings. The fraction of sp³-hybridized carbons (Fsp3) is 0.333. The highest BCUT2D eigenvalue weighted by molar-refractivity contribution is 5.72. The zero-order valence-corrected chi connectivity index (χ0v) is 6.02. The highest BCUT2D eigenvalue weighted by atomic mass is 16.4. The summed E-state index contributed by atoms with van der Waals surface area (Å²) in [7, 11) is 3.77. The van der Waals surface area contributed by atoms with E-state index < -0.39 is 0 Å². The van der Waals surface area contributed by atoms with Gasteiger partial charge in [-0.05, 0) is 0 Å². The van der Waals surface area contributed by atoms with E-state index in [9.17, 15) is 0 Å². The van der Waals surface area contributed by atoms with Crippen LogP contribution in [0.25, 0.3) is 0 Å². The predicted molar refractivity (Wildman–Crippen MR) is 36.0 cm³/mol. The Morgan fingerprint density at radius 2 is 2.50 bits per heavy atom. The molecule has 1 aromatic rings. The smallest absolute Gasteiger partial charge is 0.303 e. The molecule has 0 spiro atoms. The second-order valence-electron chi connectivity index (χ2n) is 2.12. The largest absolute Gasteiger partial charge is 0.411 e. The van der Waals surface area contributed by atoms with Gasteiger partial charge in [0.1, 0.15) is 12.4 Å². The molecule has 0 saturated heterocycles. The molecule has 0 saturated carbocycles. The SMILES string of the molecule is Cn1cc[n+](C)c1C=NO. The van der Waals surface area contributed by atoms with E-state index in [0.29, 0.717) is 0 Å². The summed E-state index contributed by atoms with van der Waals surface area (Å²) in [6.07, 6.45) is 5.16. The first kappa shape index (κ1) is 6.80. The molecule has 1 N–H and O–H groups in total. The van der Waals surface area contributed by atoms with Crippen molar-refractivity contribution in [2.45, 2.75) is 0 Å². The fourth-order valence-corrected chi connectivity index (χ4v) is 0.835. The molecule has 1 heterocycles. The molecule has 0 aliphatic heterocycles. The molecule has 0 atom stereocenters. The van der Waals surface area contributed by atoms with Crippen LogP contribution in [-0.4, -0.2) is 16.0 Å². The zero-order chi connectivity index (χ0) is 7.56. The first-order valence-corrected chi connectivity index (χ1v) is 2.94. The third-order valence-electron chi connectivity index (χ3n) is 1.41. The first-order chi connectivity index (χ1) is 4.75. The second-order valence-corrected chi connectivity index (χ2v) is 2.12. The molecule has 10 heavy (non-hydrogen) atoms. The number of aryl methyl sites for hydroxylation is 2. The van der Waals surface area contributed by atoms with Crippen LogP contribution >= 0.6 is 0 Å². The topological polar surface area (TPSA) is 41.4 Å². The van der Waals surface area contributed by atoms with Gasteiger partial charge >= 0.3 is 5.82 Å². The predicted octanol–water partition coefficient (Wildman–Crippen LogP) is -0.342. The molecule has 0 amide bonds. The molecule has 0 unspecified atom stereocenters. The number of rotatable bonds is 1. The summed E-state index contributed by atoms with van der Waals surface area (Å²) in [6, 6.07) is 0. The van der Waals surface area contributed by atoms with Crippen LogP contribution in [0.4, 0.5) is 0 Å². The second kappa shape index (κ2) is 2.51. The maximum absolute atomic E-state index is 8.23. The van der Waals surface area contributed by atoms with Crippen molar-refractivity contribution >= 4 is 6.21 Å². The zero-order valence-electron chi connectivity index (χ0n) is 6.02. The van der Waals surface area contributed by atoms with E-state index in [4.69, 9.17) is 5.21 Å². The third-order valence-corrected chi connectivity index (χ3v) is 1.41. The van der Waals surface area contributed by atoms with Gasteiger partial charge in [0.05, 0.1) is 14.1 Å². The molecule has 1 aromatic heterocycles. The molecule has 1 rings (SSSR count). The third kappa shape index (κ3) is 1.00. The van der Waals surface area contributed by atoms with Crippen molar-refractivity contribution in [2.24, 2.45) is 19.3 Å². The number of hydrogen-bond donors (Lipinski definition) is 1. The molecule has 0 aliphatic rings. The Labute approximate surface area is 59.0 Å². The van der Waals surface area contributed by atoms with E-state index in [1.165, 1.54) is 6.21 Å². The summed E-state index contributed by atoms with van der Waals surface area (Å²) in [5.74, 6) is 0.850. The van der Waals surface area contributed by atoms with Gasteiger partial charge in [-0.3, -0.25) is 0 Å². The van der Waals surface area contributed by atoms with Crippen molar-refractivity contribution in [1.29, 1.82) is 0 Å². The van der Waals surface area contributed by atoms with E-state index in [2.05, 4.69) is 5.16 Å². The Kier molecular flexibility index (Phi) is 1.71. The van der Waals surface area contributed by atoms with Gasteiger partial charge in [-0.2, -0.15) is 0 Å². The van der Waals surface area contributed by atoms with Crippen LogP contribution in [-0.2, 0) is 14.1 Å². The minimum atomic E-state index is 0.850. The lowest BCUT2D eigenvalue weighted by Gasteiger charge is -1.86. The molecule has 4 heteroatoms. The van der Waals surface area contributed by atoms with Gasteiger partial charge in [0.2, 0.25) is 0 Å². The first-order valence-electron chi connectivity index (χ1n) is 2.94. The van der Waals surface area contributed by atoms with E-state index in [1.807, 2.05) is 35.6 Å². The van der Waals surface area contributed by atoms with Crippen molar-refractivity contribution in [3.05, 3.63) is 18.2 Å². The van der Waals surface area contributed by atoms with Gasteiger partial charge in [-0.1, -0.05) is 5.16 Å². The van der Waals surface area contributed by atoms with Crippen molar-refractivity contribution < 1.29 is 9.77 Å². The summed E-state index contributed by atoms with van der Waals surface area (Å²) in [4.78, 5) is 0. The highest BCUT2D eigenvalue weighted by Gasteiger charge is 2.06. The molecular weight excluding hydrogens is 130 g/mol. The van der Waals surface area contributed by atoms with E-state index in [1.54, 1.807) is 0 Å². The Balaban J connectivity index is 3.10. The number of hydrogen-bond acceptors (Lipinski definition) is 2. The number of imidazole rings is 1. The lowest BCUT2D eigenvalue weighted by Crippen LogP contribution is -2.31. The van der Waals surface area contributed by atoms with E-state index in [-0.39, 0.29) is 0 Å². The van der Waals surface area contributed by atoms with Crippen molar-refractivity contribution in [2.75, 3.05) is 0 Å². The lowest BCUT2D eigenvalue weighted by atomic mass is 10.6. The lowest BCUT2D eigenvalue weighted by molar-refractivity contribution is -0.671. The van der Waals surface area contributed by atoms with Gasteiger partial charge in [-0.15, -0.1) is 0 Å². The molecular formula is C6H10N3O+. The van der Waals surface area contributed by atoms with Gasteiger partial charge < -0.3 is 5.21 Å². The molecule has 0 aromatic carbocycles. The minimum absolute atomic E-state index is 0.850. The number of oxime groups is 1. The normalized spacial score (nSPS) is 11.0. The summed E-state index contributed by atoms with van der Waals surface area (Å²) in [5.41, 5.74) is 0. The summed E-state index contributed by atoms with van der Waals surface area (Å²) in [6.45, 7) is 0. The molecule has 54 valence electrons. The standard InChI is InChI=1S/C6H9N3O/c1-8-3-4-9(2)6(8)5-7-10/h3-5H,1-2H3/p+1. The highest BCUT2D eigenvalue weighted by Crippen LogP contribution is 1.84. The van der Waals surface area contributed by atoms with E-state index in [0.717, 1.165) is 5.82 Å². The van der Waals surface area contributed by atoms with Gasteiger partial charge in [0.15, 0.2) is 6.21 Å². The van der Waals surface area contributed by atoms with Crippen LogP contribution in [0.3, 0.4) is 0 Å². The maximum atomic E-state index is 8.23. The van der Waals surface area contributed by atoms with Crippen LogP contribution in [0.1, 0.15) is 5.82 Å². The average molecular weight is 140 g/mol. The molecule has 4 nitrogen and oxygen atoms in total. The summed E-state index contributed by atoms with van der Waals surface area (Å²) >= 11 is 0. The Morgan fingerprint density at radius 3 is 2.90 bits per heavy atom. The summed E-state index contributed by atoms with van der Waals surface area (Å²) < 4.78 is 3.72. The Morgan fingerprint density at radius 1 is 1.80 bits per heavy atom. The summed E-state index contributed by atoms with van der Waals surface area (Å²) in [5, 5.41) is 11.2. The van der Waals surface area contributed by atoms with Gasteiger partial charge in [0.25, 0.3) is 0 Å².